The topological polar surface area (TPSA) is 29.9 Å². The molecule has 0 aromatic carbocycles. The Morgan fingerprint density at radius 2 is 2.05 bits per heavy atom. The Morgan fingerprint density at radius 1 is 1.26 bits per heavy atom. The van der Waals surface area contributed by atoms with E-state index in [2.05, 4.69) is 21.8 Å². The molecule has 1 aromatic rings. The molecule has 2 aliphatic rings. The van der Waals surface area contributed by atoms with Gasteiger partial charge in [-0.1, -0.05) is 26.2 Å². The fraction of sp³-hybridized carbons (Fsp3) is 0.812. The van der Waals surface area contributed by atoms with E-state index < -0.39 is 0 Å². The Hall–Kier alpha value is -0.830. The normalized spacial score (nSPS) is 22.6. The van der Waals surface area contributed by atoms with Crippen molar-refractivity contribution in [2.45, 2.75) is 76.9 Å². The maximum Gasteiger partial charge on any atom is 0.0951 e. The van der Waals surface area contributed by atoms with Gasteiger partial charge in [0.05, 0.1) is 12.0 Å². The molecule has 19 heavy (non-hydrogen) atoms. The van der Waals surface area contributed by atoms with Crippen LogP contribution in [-0.4, -0.2) is 15.6 Å². The highest BCUT2D eigenvalue weighted by Gasteiger charge is 2.26. The van der Waals surface area contributed by atoms with Gasteiger partial charge in [-0.05, 0) is 38.0 Å². The van der Waals surface area contributed by atoms with E-state index in [1.54, 1.807) is 0 Å². The van der Waals surface area contributed by atoms with Gasteiger partial charge in [-0.25, -0.2) is 4.98 Å². The van der Waals surface area contributed by atoms with Gasteiger partial charge in [-0.2, -0.15) is 0 Å². The molecule has 2 aliphatic carbocycles. The molecular formula is C16H27N3. The molecule has 1 N–H and O–H groups in total. The van der Waals surface area contributed by atoms with Gasteiger partial charge in [0.2, 0.25) is 0 Å². The molecule has 1 aromatic heterocycles. The second kappa shape index (κ2) is 6.08. The summed E-state index contributed by atoms with van der Waals surface area (Å²) in [6.45, 7) is 3.32. The van der Waals surface area contributed by atoms with Gasteiger partial charge in [-0.15, -0.1) is 0 Å². The predicted molar refractivity (Wildman–Crippen MR) is 78.0 cm³/mol. The minimum absolute atomic E-state index is 0.697. The number of hydrogen-bond donors (Lipinski definition) is 1. The molecule has 0 radical (unpaired) electrons. The third-order valence-corrected chi connectivity index (χ3v) is 4.89. The predicted octanol–water partition coefficient (Wildman–Crippen LogP) is 3.67. The van der Waals surface area contributed by atoms with E-state index in [9.17, 15) is 0 Å². The molecule has 2 fully saturated rings. The second-order valence-corrected chi connectivity index (χ2v) is 6.32. The summed E-state index contributed by atoms with van der Waals surface area (Å²) in [7, 11) is 0. The first-order valence-electron chi connectivity index (χ1n) is 8.12. The van der Waals surface area contributed by atoms with E-state index in [1.807, 2.05) is 12.5 Å². The highest BCUT2D eigenvalue weighted by atomic mass is 15.1. The summed E-state index contributed by atoms with van der Waals surface area (Å²) in [5, 5.41) is 3.80. The van der Waals surface area contributed by atoms with Crippen molar-refractivity contribution in [3.8, 4) is 0 Å². The number of aromatic nitrogens is 2. The Kier molecular flexibility index (Phi) is 4.21. The zero-order chi connectivity index (χ0) is 13.1. The summed E-state index contributed by atoms with van der Waals surface area (Å²) in [5.74, 6) is 0.899. The zero-order valence-electron chi connectivity index (χ0n) is 12.1. The Morgan fingerprint density at radius 3 is 2.74 bits per heavy atom. The SMILES string of the molecule is CCC(NCc1cncn1C1CC1)C1CCCCC1. The van der Waals surface area contributed by atoms with Crippen molar-refractivity contribution in [3.05, 3.63) is 18.2 Å². The van der Waals surface area contributed by atoms with Crippen molar-refractivity contribution < 1.29 is 0 Å². The van der Waals surface area contributed by atoms with Crippen LogP contribution in [0.1, 0.15) is 70.0 Å². The molecule has 1 atom stereocenters. The fourth-order valence-corrected chi connectivity index (χ4v) is 3.57. The summed E-state index contributed by atoms with van der Waals surface area (Å²) >= 11 is 0. The number of rotatable bonds is 6. The van der Waals surface area contributed by atoms with Crippen molar-refractivity contribution in [3.63, 3.8) is 0 Å². The van der Waals surface area contributed by atoms with Crippen LogP contribution in [-0.2, 0) is 6.54 Å². The summed E-state index contributed by atoms with van der Waals surface area (Å²) in [5.41, 5.74) is 1.37. The van der Waals surface area contributed by atoms with Crippen LogP contribution in [0.5, 0.6) is 0 Å². The van der Waals surface area contributed by atoms with E-state index >= 15 is 0 Å². The lowest BCUT2D eigenvalue weighted by molar-refractivity contribution is 0.260. The number of imidazole rings is 1. The molecule has 106 valence electrons. The van der Waals surface area contributed by atoms with Gasteiger partial charge in [-0.3, -0.25) is 0 Å². The molecule has 0 bridgehead atoms. The van der Waals surface area contributed by atoms with Crippen LogP contribution in [0.3, 0.4) is 0 Å². The van der Waals surface area contributed by atoms with Crippen LogP contribution in [0.2, 0.25) is 0 Å². The molecular weight excluding hydrogens is 234 g/mol. The van der Waals surface area contributed by atoms with Gasteiger partial charge < -0.3 is 9.88 Å². The van der Waals surface area contributed by atoms with Crippen LogP contribution >= 0.6 is 0 Å². The lowest BCUT2D eigenvalue weighted by atomic mass is 9.83. The maximum absolute atomic E-state index is 4.32. The van der Waals surface area contributed by atoms with E-state index in [0.717, 1.165) is 18.5 Å². The molecule has 1 unspecified atom stereocenters. The van der Waals surface area contributed by atoms with Crippen LogP contribution in [0.15, 0.2) is 12.5 Å². The average molecular weight is 261 g/mol. The minimum Gasteiger partial charge on any atom is -0.330 e. The van der Waals surface area contributed by atoms with Crippen molar-refractivity contribution in [1.82, 2.24) is 14.9 Å². The quantitative estimate of drug-likeness (QED) is 0.847. The van der Waals surface area contributed by atoms with E-state index in [-0.39, 0.29) is 0 Å². The van der Waals surface area contributed by atoms with Crippen LogP contribution in [0, 0.1) is 5.92 Å². The molecule has 3 heteroatoms. The summed E-state index contributed by atoms with van der Waals surface area (Å²) in [4.78, 5) is 4.32. The molecule has 0 spiro atoms. The third-order valence-electron chi connectivity index (χ3n) is 4.89. The van der Waals surface area contributed by atoms with Crippen LogP contribution < -0.4 is 5.32 Å². The monoisotopic (exact) mass is 261 g/mol. The van der Waals surface area contributed by atoms with Crippen LogP contribution in [0.4, 0.5) is 0 Å². The molecule has 3 rings (SSSR count). The summed E-state index contributed by atoms with van der Waals surface area (Å²) in [6.07, 6.45) is 15.1. The minimum atomic E-state index is 0.697. The first-order valence-corrected chi connectivity index (χ1v) is 8.12. The smallest absolute Gasteiger partial charge is 0.0951 e. The summed E-state index contributed by atoms with van der Waals surface area (Å²) < 4.78 is 2.38. The van der Waals surface area contributed by atoms with Crippen molar-refractivity contribution in [2.24, 2.45) is 5.92 Å². The third kappa shape index (κ3) is 3.19. The van der Waals surface area contributed by atoms with Gasteiger partial charge in [0.25, 0.3) is 0 Å². The van der Waals surface area contributed by atoms with Crippen molar-refractivity contribution in [1.29, 1.82) is 0 Å². The molecule has 0 amide bonds. The number of nitrogens with one attached hydrogen (secondary N) is 1. The van der Waals surface area contributed by atoms with Gasteiger partial charge >= 0.3 is 0 Å². The van der Waals surface area contributed by atoms with E-state index in [0.29, 0.717) is 6.04 Å². The summed E-state index contributed by atoms with van der Waals surface area (Å²) in [6, 6.07) is 1.44. The Labute approximate surface area is 116 Å². The maximum atomic E-state index is 4.32. The molecule has 1 heterocycles. The molecule has 3 nitrogen and oxygen atoms in total. The van der Waals surface area contributed by atoms with Gasteiger partial charge in [0.15, 0.2) is 0 Å². The fourth-order valence-electron chi connectivity index (χ4n) is 3.57. The Balaban J connectivity index is 1.55. The van der Waals surface area contributed by atoms with Crippen molar-refractivity contribution in [2.75, 3.05) is 0 Å². The molecule has 0 aliphatic heterocycles. The van der Waals surface area contributed by atoms with E-state index in [1.165, 1.54) is 57.1 Å². The lowest BCUT2D eigenvalue weighted by Gasteiger charge is -2.30. The second-order valence-electron chi connectivity index (χ2n) is 6.32. The first-order chi connectivity index (χ1) is 9.38. The van der Waals surface area contributed by atoms with Gasteiger partial charge in [0.1, 0.15) is 0 Å². The van der Waals surface area contributed by atoms with Crippen LogP contribution in [0.25, 0.3) is 0 Å². The van der Waals surface area contributed by atoms with E-state index in [4.69, 9.17) is 0 Å². The molecule has 2 saturated carbocycles. The van der Waals surface area contributed by atoms with Crippen molar-refractivity contribution >= 4 is 0 Å². The standard InChI is InChI=1S/C16H27N3/c1-2-16(13-6-4-3-5-7-13)18-11-15-10-17-12-19(15)14-8-9-14/h10,12-14,16,18H,2-9,11H2,1H3. The van der Waals surface area contributed by atoms with Gasteiger partial charge in [0, 0.05) is 24.8 Å². The average Bonchev–Trinajstić information content (AvgIpc) is 3.20. The molecule has 0 saturated heterocycles. The highest BCUT2D eigenvalue weighted by Crippen LogP contribution is 2.35. The number of hydrogen-bond acceptors (Lipinski definition) is 2. The zero-order valence-corrected chi connectivity index (χ0v) is 12.1. The highest BCUT2D eigenvalue weighted by molar-refractivity contribution is 5.03. The number of nitrogens with zero attached hydrogens (tertiary/aromatic N) is 2. The first kappa shape index (κ1) is 13.2. The Bertz CT molecular complexity index is 388. The largest absolute Gasteiger partial charge is 0.330 e. The lowest BCUT2D eigenvalue weighted by Crippen LogP contribution is -2.36.